The molecule has 0 spiro atoms. The van der Waals surface area contributed by atoms with Gasteiger partial charge in [-0.1, -0.05) is 26.0 Å². The van der Waals surface area contributed by atoms with Gasteiger partial charge in [0, 0.05) is 31.8 Å². The molecule has 1 aliphatic rings. The first-order valence-corrected chi connectivity index (χ1v) is 6.55. The molecule has 19 heavy (non-hydrogen) atoms. The normalized spacial score (nSPS) is 14.9. The lowest BCUT2D eigenvalue weighted by atomic mass is 9.83. The number of anilines is 1. The van der Waals surface area contributed by atoms with Crippen LogP contribution in [-0.4, -0.2) is 33.3 Å². The van der Waals surface area contributed by atoms with Crippen molar-refractivity contribution in [2.45, 2.75) is 25.7 Å². The van der Waals surface area contributed by atoms with E-state index < -0.39 is 0 Å². The molecular weight excluding hydrogens is 240 g/mol. The monoisotopic (exact) mass is 262 g/mol. The Morgan fingerprint density at radius 3 is 2.84 bits per heavy atom. The average molecular weight is 262 g/mol. The van der Waals surface area contributed by atoms with Gasteiger partial charge < -0.3 is 9.64 Å². The zero-order valence-electron chi connectivity index (χ0n) is 12.1. The Morgan fingerprint density at radius 1 is 1.42 bits per heavy atom. The van der Waals surface area contributed by atoms with Crippen molar-refractivity contribution < 1.29 is 9.53 Å². The second kappa shape index (κ2) is 5.31. The summed E-state index contributed by atoms with van der Waals surface area (Å²) < 4.78 is 5.01. The minimum absolute atomic E-state index is 0.0117. The lowest BCUT2D eigenvalue weighted by Crippen LogP contribution is -2.34. The largest absolute Gasteiger partial charge is 0.370 e. The smallest absolute Gasteiger partial charge is 0.231 e. The number of benzene rings is 1. The highest BCUT2D eigenvalue weighted by molar-refractivity contribution is 6.00. The Balaban J connectivity index is 2.18. The first kappa shape index (κ1) is 14.0. The summed E-state index contributed by atoms with van der Waals surface area (Å²) in [6.07, 6.45) is 0.515. The van der Waals surface area contributed by atoms with Crippen LogP contribution in [0.2, 0.25) is 0 Å². The third-order valence-electron chi connectivity index (χ3n) is 3.75. The molecule has 1 aromatic rings. The molecule has 4 nitrogen and oxygen atoms in total. The summed E-state index contributed by atoms with van der Waals surface area (Å²) in [6.45, 7) is 5.77. The summed E-state index contributed by atoms with van der Waals surface area (Å²) in [6, 6.07) is 6.32. The van der Waals surface area contributed by atoms with Gasteiger partial charge in [-0.3, -0.25) is 10.1 Å². The van der Waals surface area contributed by atoms with Crippen molar-refractivity contribution in [3.8, 4) is 0 Å². The van der Waals surface area contributed by atoms with Crippen molar-refractivity contribution in [2.24, 2.45) is 0 Å². The molecule has 1 heterocycles. The number of carbonyl (C=O) groups excluding carboxylic acids is 1. The summed E-state index contributed by atoms with van der Waals surface area (Å²) in [4.78, 5) is 13.4. The maximum atomic E-state index is 11.7. The van der Waals surface area contributed by atoms with Gasteiger partial charge in [-0.25, -0.2) is 0 Å². The second-order valence-electron chi connectivity index (χ2n) is 5.72. The Hall–Kier alpha value is -1.39. The molecular formula is C15H22N2O2. The molecule has 0 aliphatic carbocycles. The number of carbonyl (C=O) groups is 1. The maximum absolute atomic E-state index is 11.7. The predicted octanol–water partition coefficient (Wildman–Crippen LogP) is 1.68. The molecule has 0 atom stereocenters. The van der Waals surface area contributed by atoms with Crippen molar-refractivity contribution in [1.29, 1.82) is 0 Å². The minimum Gasteiger partial charge on any atom is -0.370 e. The van der Waals surface area contributed by atoms with E-state index in [0.29, 0.717) is 13.2 Å². The van der Waals surface area contributed by atoms with E-state index in [9.17, 15) is 4.79 Å². The van der Waals surface area contributed by atoms with Crippen LogP contribution in [-0.2, 0) is 21.4 Å². The van der Waals surface area contributed by atoms with E-state index in [1.807, 2.05) is 13.1 Å². The quantitative estimate of drug-likeness (QED) is 0.648. The summed E-state index contributed by atoms with van der Waals surface area (Å²) in [5, 5.41) is 3.26. The van der Waals surface area contributed by atoms with Crippen LogP contribution >= 0.6 is 0 Å². The highest BCUT2D eigenvalue weighted by atomic mass is 16.5. The van der Waals surface area contributed by atoms with Gasteiger partial charge in [0.15, 0.2) is 0 Å². The Bertz CT molecular complexity index is 483. The fourth-order valence-corrected chi connectivity index (χ4v) is 2.46. The number of amides is 1. The van der Waals surface area contributed by atoms with E-state index in [1.54, 1.807) is 12.0 Å². The molecule has 0 unspecified atom stereocenters. The van der Waals surface area contributed by atoms with Crippen molar-refractivity contribution in [3.63, 3.8) is 0 Å². The van der Waals surface area contributed by atoms with Crippen molar-refractivity contribution in [1.82, 2.24) is 5.32 Å². The van der Waals surface area contributed by atoms with E-state index in [2.05, 4.69) is 31.3 Å². The Labute approximate surface area is 114 Å². The molecule has 0 aromatic heterocycles. The van der Waals surface area contributed by atoms with Gasteiger partial charge in [0.2, 0.25) is 5.91 Å². The zero-order valence-corrected chi connectivity index (χ0v) is 12.1. The molecule has 104 valence electrons. The molecule has 1 aromatic carbocycles. The van der Waals surface area contributed by atoms with Crippen molar-refractivity contribution >= 4 is 11.6 Å². The van der Waals surface area contributed by atoms with Crippen LogP contribution in [0, 0.1) is 0 Å². The molecule has 0 radical (unpaired) electrons. The average Bonchev–Trinajstić information content (AvgIpc) is 2.65. The minimum atomic E-state index is 0.0117. The number of ether oxygens (including phenoxy) is 1. The Morgan fingerprint density at radius 2 is 2.16 bits per heavy atom. The number of methoxy groups -OCH3 is 1. The third-order valence-corrected chi connectivity index (χ3v) is 3.75. The van der Waals surface area contributed by atoms with Crippen LogP contribution in [0.15, 0.2) is 18.2 Å². The molecule has 0 fully saturated rings. The van der Waals surface area contributed by atoms with Crippen LogP contribution in [0.5, 0.6) is 0 Å². The predicted molar refractivity (Wildman–Crippen MR) is 76.5 cm³/mol. The summed E-state index contributed by atoms with van der Waals surface area (Å²) in [5.41, 5.74) is 3.43. The zero-order chi connectivity index (χ0) is 14.0. The number of fused-ring (bicyclic) bond motifs is 1. The lowest BCUT2D eigenvalue weighted by molar-refractivity contribution is -0.117. The molecule has 1 N–H and O–H groups in total. The summed E-state index contributed by atoms with van der Waals surface area (Å²) >= 11 is 0. The summed E-state index contributed by atoms with van der Waals surface area (Å²) in [7, 11) is 3.51. The highest BCUT2D eigenvalue weighted by Crippen LogP contribution is 2.32. The molecule has 4 heteroatoms. The number of likely N-dealkylation sites (N-methyl/N-ethyl adjacent to an activating group) is 1. The first-order chi connectivity index (χ1) is 8.95. The van der Waals surface area contributed by atoms with Crippen molar-refractivity contribution in [3.05, 3.63) is 29.3 Å². The Kier molecular flexibility index (Phi) is 3.92. The molecule has 1 amide bonds. The lowest BCUT2D eigenvalue weighted by Gasteiger charge is -2.26. The van der Waals surface area contributed by atoms with Crippen LogP contribution < -0.4 is 10.2 Å². The number of nitrogens with one attached hydrogen (secondary N) is 1. The van der Waals surface area contributed by atoms with Crippen LogP contribution in [0.4, 0.5) is 5.69 Å². The van der Waals surface area contributed by atoms with Gasteiger partial charge in [0.05, 0.1) is 13.2 Å². The van der Waals surface area contributed by atoms with Gasteiger partial charge in [-0.2, -0.15) is 0 Å². The van der Waals surface area contributed by atoms with Gasteiger partial charge in [-0.05, 0) is 17.2 Å². The molecule has 0 saturated carbocycles. The maximum Gasteiger partial charge on any atom is 0.231 e. The van der Waals surface area contributed by atoms with E-state index in [0.717, 1.165) is 17.8 Å². The van der Waals surface area contributed by atoms with Crippen LogP contribution in [0.25, 0.3) is 0 Å². The van der Waals surface area contributed by atoms with Gasteiger partial charge in [0.1, 0.15) is 0 Å². The number of rotatable bonds is 5. The standard InChI is InChI=1S/C15H22N2O2/c1-15(2,9-16-10-19-4)12-5-6-13-11(7-12)8-14(18)17(13)3/h5-7,16H,8-10H2,1-4H3. The van der Waals surface area contributed by atoms with Crippen LogP contribution in [0.3, 0.4) is 0 Å². The fraction of sp³-hybridized carbons (Fsp3) is 0.533. The highest BCUT2D eigenvalue weighted by Gasteiger charge is 2.27. The number of hydrogen-bond acceptors (Lipinski definition) is 3. The van der Waals surface area contributed by atoms with Crippen LogP contribution in [0.1, 0.15) is 25.0 Å². The first-order valence-electron chi connectivity index (χ1n) is 6.55. The molecule has 0 bridgehead atoms. The number of nitrogens with zero attached hydrogens (tertiary/aromatic N) is 1. The third kappa shape index (κ3) is 2.80. The SMILES string of the molecule is COCNCC(C)(C)c1ccc2c(c1)CC(=O)N2C. The number of hydrogen-bond donors (Lipinski definition) is 1. The van der Waals surface area contributed by atoms with E-state index in [1.165, 1.54) is 5.56 Å². The fourth-order valence-electron chi connectivity index (χ4n) is 2.46. The second-order valence-corrected chi connectivity index (χ2v) is 5.72. The molecule has 2 rings (SSSR count). The van der Waals surface area contributed by atoms with Gasteiger partial charge in [-0.15, -0.1) is 0 Å². The molecule has 1 aliphatic heterocycles. The topological polar surface area (TPSA) is 41.6 Å². The van der Waals surface area contributed by atoms with Gasteiger partial charge in [0.25, 0.3) is 0 Å². The van der Waals surface area contributed by atoms with Crippen molar-refractivity contribution in [2.75, 3.05) is 32.3 Å². The van der Waals surface area contributed by atoms with E-state index >= 15 is 0 Å². The van der Waals surface area contributed by atoms with Gasteiger partial charge >= 0.3 is 0 Å². The molecule has 0 saturated heterocycles. The van der Waals surface area contributed by atoms with E-state index in [-0.39, 0.29) is 11.3 Å². The summed E-state index contributed by atoms with van der Waals surface area (Å²) in [5.74, 6) is 0.169. The van der Waals surface area contributed by atoms with E-state index in [4.69, 9.17) is 4.74 Å².